The molecule has 1 amide bonds. The second kappa shape index (κ2) is 7.56. The highest BCUT2D eigenvalue weighted by atomic mass is 79.9. The van der Waals surface area contributed by atoms with E-state index in [-0.39, 0.29) is 18.0 Å². The zero-order chi connectivity index (χ0) is 16.1. The molecule has 0 heterocycles. The van der Waals surface area contributed by atoms with E-state index >= 15 is 0 Å². The van der Waals surface area contributed by atoms with Gasteiger partial charge in [-0.2, -0.15) is 0 Å². The van der Waals surface area contributed by atoms with Crippen molar-refractivity contribution < 1.29 is 4.79 Å². The number of carbonyl (C=O) groups is 1. The topological polar surface area (TPSA) is 32.3 Å². The van der Waals surface area contributed by atoms with Crippen molar-refractivity contribution in [1.29, 1.82) is 0 Å². The molecular weight excluding hydrogens is 340 g/mol. The van der Waals surface area contributed by atoms with Gasteiger partial charge in [0.05, 0.1) is 6.04 Å². The summed E-state index contributed by atoms with van der Waals surface area (Å²) in [5.74, 6) is 0.0464. The van der Waals surface area contributed by atoms with Crippen molar-refractivity contribution in [2.24, 2.45) is 0 Å². The molecule has 2 aromatic rings. The number of carbonyl (C=O) groups excluding carboxylic acids is 1. The van der Waals surface area contributed by atoms with E-state index in [1.54, 1.807) is 11.9 Å². The molecule has 1 N–H and O–H groups in total. The molecule has 0 unspecified atom stereocenters. The van der Waals surface area contributed by atoms with Gasteiger partial charge in [0.25, 0.3) is 0 Å². The SMILES string of the molecule is C[C@H](N[C@@H](C)c1ccccc1Br)C(=O)N(C)c1ccccc1. The van der Waals surface area contributed by atoms with Gasteiger partial charge in [0.2, 0.25) is 5.91 Å². The summed E-state index contributed by atoms with van der Waals surface area (Å²) in [6.07, 6.45) is 0. The number of amides is 1. The Kier molecular flexibility index (Phi) is 5.75. The molecule has 4 heteroatoms. The minimum atomic E-state index is -0.271. The molecule has 0 spiro atoms. The van der Waals surface area contributed by atoms with Crippen LogP contribution < -0.4 is 10.2 Å². The number of nitrogens with zero attached hydrogens (tertiary/aromatic N) is 1. The number of halogens is 1. The second-order valence-electron chi connectivity index (χ2n) is 5.36. The van der Waals surface area contributed by atoms with E-state index in [1.807, 2.05) is 55.5 Å². The van der Waals surface area contributed by atoms with Crippen molar-refractivity contribution in [3.8, 4) is 0 Å². The first-order valence-corrected chi connectivity index (χ1v) is 8.13. The minimum absolute atomic E-state index is 0.0464. The van der Waals surface area contributed by atoms with Crippen LogP contribution in [0.25, 0.3) is 0 Å². The van der Waals surface area contributed by atoms with Crippen LogP contribution in [0.4, 0.5) is 5.69 Å². The van der Waals surface area contributed by atoms with E-state index < -0.39 is 0 Å². The minimum Gasteiger partial charge on any atom is -0.314 e. The van der Waals surface area contributed by atoms with Crippen LogP contribution in [0.2, 0.25) is 0 Å². The summed E-state index contributed by atoms with van der Waals surface area (Å²) in [5, 5.41) is 3.37. The molecule has 0 saturated carbocycles. The van der Waals surface area contributed by atoms with Crippen LogP contribution in [0.1, 0.15) is 25.5 Å². The Bertz CT molecular complexity index is 630. The highest BCUT2D eigenvalue weighted by Gasteiger charge is 2.21. The number of anilines is 1. The van der Waals surface area contributed by atoms with E-state index in [0.717, 1.165) is 15.7 Å². The van der Waals surface area contributed by atoms with Crippen molar-refractivity contribution in [3.63, 3.8) is 0 Å². The molecule has 0 aliphatic rings. The van der Waals surface area contributed by atoms with Gasteiger partial charge in [0, 0.05) is 23.2 Å². The Morgan fingerprint density at radius 1 is 1.05 bits per heavy atom. The fraction of sp³-hybridized carbons (Fsp3) is 0.278. The predicted octanol–water partition coefficient (Wildman–Crippen LogP) is 4.15. The molecule has 116 valence electrons. The van der Waals surface area contributed by atoms with Crippen LogP contribution >= 0.6 is 15.9 Å². The van der Waals surface area contributed by atoms with Crippen LogP contribution in [0.3, 0.4) is 0 Å². The molecule has 0 aliphatic heterocycles. The first-order chi connectivity index (χ1) is 10.5. The third-order valence-corrected chi connectivity index (χ3v) is 4.44. The van der Waals surface area contributed by atoms with E-state index in [4.69, 9.17) is 0 Å². The summed E-state index contributed by atoms with van der Waals surface area (Å²) in [5.41, 5.74) is 2.04. The molecule has 0 aliphatic carbocycles. The average Bonchev–Trinajstić information content (AvgIpc) is 2.54. The van der Waals surface area contributed by atoms with Crippen molar-refractivity contribution >= 4 is 27.5 Å². The zero-order valence-electron chi connectivity index (χ0n) is 13.1. The first kappa shape index (κ1) is 16.7. The molecule has 0 fully saturated rings. The number of hydrogen-bond donors (Lipinski definition) is 1. The summed E-state index contributed by atoms with van der Waals surface area (Å²) in [4.78, 5) is 14.2. The fourth-order valence-corrected chi connectivity index (χ4v) is 3.06. The molecule has 0 radical (unpaired) electrons. The van der Waals surface area contributed by atoms with Gasteiger partial charge < -0.3 is 4.90 Å². The van der Waals surface area contributed by atoms with E-state index in [1.165, 1.54) is 0 Å². The quantitative estimate of drug-likeness (QED) is 0.868. The maximum absolute atomic E-state index is 12.5. The molecule has 0 aromatic heterocycles. The largest absolute Gasteiger partial charge is 0.314 e. The summed E-state index contributed by atoms with van der Waals surface area (Å²) >= 11 is 3.55. The van der Waals surface area contributed by atoms with Gasteiger partial charge in [-0.15, -0.1) is 0 Å². The number of hydrogen-bond acceptors (Lipinski definition) is 2. The normalized spacial score (nSPS) is 13.5. The molecular formula is C18H21BrN2O. The predicted molar refractivity (Wildman–Crippen MR) is 95.0 cm³/mol. The Morgan fingerprint density at radius 2 is 1.64 bits per heavy atom. The van der Waals surface area contributed by atoms with Crippen LogP contribution in [0.15, 0.2) is 59.1 Å². The van der Waals surface area contributed by atoms with E-state index in [0.29, 0.717) is 0 Å². The molecule has 2 aromatic carbocycles. The smallest absolute Gasteiger partial charge is 0.243 e. The van der Waals surface area contributed by atoms with Gasteiger partial charge in [-0.05, 0) is 37.6 Å². The highest BCUT2D eigenvalue weighted by Crippen LogP contribution is 2.23. The molecule has 22 heavy (non-hydrogen) atoms. The summed E-state index contributed by atoms with van der Waals surface area (Å²) in [6, 6.07) is 17.5. The molecule has 0 bridgehead atoms. The average molecular weight is 361 g/mol. The molecule has 2 rings (SSSR count). The van der Waals surface area contributed by atoms with Crippen LogP contribution in [-0.4, -0.2) is 19.0 Å². The lowest BCUT2D eigenvalue weighted by molar-refractivity contribution is -0.120. The van der Waals surface area contributed by atoms with Crippen molar-refractivity contribution in [2.45, 2.75) is 25.9 Å². The van der Waals surface area contributed by atoms with Crippen LogP contribution in [0.5, 0.6) is 0 Å². The van der Waals surface area contributed by atoms with Crippen molar-refractivity contribution in [1.82, 2.24) is 5.32 Å². The summed E-state index contributed by atoms with van der Waals surface area (Å²) in [6.45, 7) is 3.96. The first-order valence-electron chi connectivity index (χ1n) is 7.33. The Balaban J connectivity index is 2.04. The van der Waals surface area contributed by atoms with Crippen molar-refractivity contribution in [3.05, 3.63) is 64.6 Å². The second-order valence-corrected chi connectivity index (χ2v) is 6.22. The van der Waals surface area contributed by atoms with Gasteiger partial charge in [0.15, 0.2) is 0 Å². The third kappa shape index (κ3) is 3.96. The van der Waals surface area contributed by atoms with Gasteiger partial charge >= 0.3 is 0 Å². The number of benzene rings is 2. The summed E-state index contributed by atoms with van der Waals surface area (Å²) in [7, 11) is 1.80. The Labute approximate surface area is 140 Å². The highest BCUT2D eigenvalue weighted by molar-refractivity contribution is 9.10. The Hall–Kier alpha value is -1.65. The number of nitrogens with one attached hydrogen (secondary N) is 1. The maximum atomic E-state index is 12.5. The number of para-hydroxylation sites is 1. The van der Waals surface area contributed by atoms with Crippen LogP contribution in [-0.2, 0) is 4.79 Å². The zero-order valence-corrected chi connectivity index (χ0v) is 14.7. The monoisotopic (exact) mass is 360 g/mol. The van der Waals surface area contributed by atoms with Gasteiger partial charge in [-0.3, -0.25) is 10.1 Å². The number of likely N-dealkylation sites (N-methyl/N-ethyl adjacent to an activating group) is 1. The van der Waals surface area contributed by atoms with Gasteiger partial charge in [-0.1, -0.05) is 52.3 Å². The third-order valence-electron chi connectivity index (χ3n) is 3.72. The van der Waals surface area contributed by atoms with Crippen molar-refractivity contribution in [2.75, 3.05) is 11.9 Å². The number of rotatable bonds is 5. The standard InChI is InChI=1S/C18H21BrN2O/c1-13(16-11-7-8-12-17(16)19)20-14(2)18(22)21(3)15-9-5-4-6-10-15/h4-14,20H,1-3H3/t13-,14-/m0/s1. The van der Waals surface area contributed by atoms with Gasteiger partial charge in [-0.25, -0.2) is 0 Å². The van der Waals surface area contributed by atoms with Gasteiger partial charge in [0.1, 0.15) is 0 Å². The van der Waals surface area contributed by atoms with Crippen LogP contribution in [0, 0.1) is 0 Å². The fourth-order valence-electron chi connectivity index (χ4n) is 2.43. The maximum Gasteiger partial charge on any atom is 0.243 e. The molecule has 0 saturated heterocycles. The lowest BCUT2D eigenvalue weighted by Gasteiger charge is -2.25. The van der Waals surface area contributed by atoms with E-state index in [2.05, 4.69) is 34.2 Å². The molecule has 3 nitrogen and oxygen atoms in total. The molecule has 2 atom stereocenters. The Morgan fingerprint density at radius 3 is 2.27 bits per heavy atom. The lowest BCUT2D eigenvalue weighted by atomic mass is 10.1. The lowest BCUT2D eigenvalue weighted by Crippen LogP contribution is -2.44. The van der Waals surface area contributed by atoms with E-state index in [9.17, 15) is 4.79 Å². The summed E-state index contributed by atoms with van der Waals surface area (Å²) < 4.78 is 1.05.